The molecular formula is C20H24N10. The van der Waals surface area contributed by atoms with Crippen molar-refractivity contribution in [2.24, 2.45) is 0 Å². The number of fused-ring (bicyclic) bond motifs is 3. The Morgan fingerprint density at radius 2 is 2.00 bits per heavy atom. The lowest BCUT2D eigenvalue weighted by Gasteiger charge is -2.39. The fourth-order valence-electron chi connectivity index (χ4n) is 4.75. The lowest BCUT2D eigenvalue weighted by Crippen LogP contribution is -2.47. The van der Waals surface area contributed by atoms with Gasteiger partial charge in [-0.25, -0.2) is 9.97 Å². The topological polar surface area (TPSA) is 131 Å². The third kappa shape index (κ3) is 3.64. The highest BCUT2D eigenvalue weighted by Crippen LogP contribution is 2.37. The molecule has 0 aromatic carbocycles. The van der Waals surface area contributed by atoms with Crippen molar-refractivity contribution >= 4 is 28.7 Å². The Morgan fingerprint density at radius 3 is 2.73 bits per heavy atom. The number of aromatic nitrogens is 6. The Morgan fingerprint density at radius 1 is 1.20 bits per heavy atom. The standard InChI is InChI=1S/C20H24N10/c1-12-9-16(29-28-12)25-20-26-18-17(22-6-7-23-18)19(27-20)24-13-10-14-3-4-15(11-13)30(14)8-2-5-21/h6-7,9,13-15H,2-4,8,10-11H2,1H3,(H3,23,24,25,26,27,28,29)/t13?,14-,15?/m0/s1. The van der Waals surface area contributed by atoms with Crippen LogP contribution in [0, 0.1) is 18.3 Å². The predicted octanol–water partition coefficient (Wildman–Crippen LogP) is 2.52. The molecule has 0 radical (unpaired) electrons. The van der Waals surface area contributed by atoms with Crippen molar-refractivity contribution in [2.75, 3.05) is 17.2 Å². The van der Waals surface area contributed by atoms with Crippen LogP contribution in [0.4, 0.5) is 17.6 Å². The van der Waals surface area contributed by atoms with Crippen LogP contribution in [0.3, 0.4) is 0 Å². The smallest absolute Gasteiger partial charge is 0.232 e. The summed E-state index contributed by atoms with van der Waals surface area (Å²) in [6, 6.07) is 5.53. The lowest BCUT2D eigenvalue weighted by molar-refractivity contribution is 0.136. The minimum atomic E-state index is 0.307. The van der Waals surface area contributed by atoms with Gasteiger partial charge in [-0.05, 0) is 32.6 Å². The van der Waals surface area contributed by atoms with Crippen LogP contribution < -0.4 is 10.6 Å². The summed E-state index contributed by atoms with van der Waals surface area (Å²) in [6.07, 6.45) is 8.36. The van der Waals surface area contributed by atoms with Gasteiger partial charge >= 0.3 is 0 Å². The molecule has 2 bridgehead atoms. The summed E-state index contributed by atoms with van der Waals surface area (Å²) < 4.78 is 0. The maximum Gasteiger partial charge on any atom is 0.232 e. The van der Waals surface area contributed by atoms with Gasteiger partial charge in [0.15, 0.2) is 22.8 Å². The second kappa shape index (κ2) is 7.84. The first kappa shape index (κ1) is 18.7. The molecule has 3 N–H and O–H groups in total. The van der Waals surface area contributed by atoms with E-state index >= 15 is 0 Å². The highest BCUT2D eigenvalue weighted by Gasteiger charge is 2.40. The van der Waals surface area contributed by atoms with Crippen LogP contribution >= 0.6 is 0 Å². The average Bonchev–Trinajstić information content (AvgIpc) is 3.25. The monoisotopic (exact) mass is 404 g/mol. The molecule has 0 saturated carbocycles. The number of nitrogens with one attached hydrogen (secondary N) is 3. The first-order chi connectivity index (χ1) is 14.7. The van der Waals surface area contributed by atoms with Gasteiger partial charge in [0.25, 0.3) is 0 Å². The first-order valence-electron chi connectivity index (χ1n) is 10.4. The second-order valence-corrected chi connectivity index (χ2v) is 8.03. The molecule has 2 unspecified atom stereocenters. The van der Waals surface area contributed by atoms with E-state index in [1.54, 1.807) is 12.4 Å². The zero-order chi connectivity index (χ0) is 20.5. The summed E-state index contributed by atoms with van der Waals surface area (Å²) in [5, 5.41) is 22.8. The molecule has 0 aliphatic carbocycles. The Bertz CT molecular complexity index is 1070. The van der Waals surface area contributed by atoms with E-state index in [0.29, 0.717) is 53.3 Å². The van der Waals surface area contributed by atoms with E-state index in [9.17, 15) is 0 Å². The van der Waals surface area contributed by atoms with Crippen LogP contribution in [-0.4, -0.2) is 59.7 Å². The molecule has 2 fully saturated rings. The van der Waals surface area contributed by atoms with Crippen molar-refractivity contribution in [3.05, 3.63) is 24.2 Å². The van der Waals surface area contributed by atoms with Gasteiger partial charge < -0.3 is 10.6 Å². The van der Waals surface area contributed by atoms with Gasteiger partial charge in [0.1, 0.15) is 0 Å². The number of rotatable bonds is 6. The summed E-state index contributed by atoms with van der Waals surface area (Å²) in [5.41, 5.74) is 2.16. The molecule has 10 nitrogen and oxygen atoms in total. The number of hydrogen-bond donors (Lipinski definition) is 3. The van der Waals surface area contributed by atoms with Crippen molar-refractivity contribution in [3.8, 4) is 6.07 Å². The summed E-state index contributed by atoms with van der Waals surface area (Å²) in [6.45, 7) is 2.81. The number of piperidine rings is 1. The zero-order valence-electron chi connectivity index (χ0n) is 16.8. The van der Waals surface area contributed by atoms with Crippen molar-refractivity contribution < 1.29 is 0 Å². The largest absolute Gasteiger partial charge is 0.365 e. The summed E-state index contributed by atoms with van der Waals surface area (Å²) in [4.78, 5) is 20.5. The van der Waals surface area contributed by atoms with Crippen molar-refractivity contribution in [3.63, 3.8) is 0 Å². The summed E-state index contributed by atoms with van der Waals surface area (Å²) >= 11 is 0. The Kier molecular flexibility index (Phi) is 4.88. The van der Waals surface area contributed by atoms with Gasteiger partial charge in [0.05, 0.1) is 6.07 Å². The molecule has 2 saturated heterocycles. The molecule has 2 aliphatic heterocycles. The molecule has 10 heteroatoms. The highest BCUT2D eigenvalue weighted by atomic mass is 15.3. The molecule has 2 aliphatic rings. The van der Waals surface area contributed by atoms with Gasteiger partial charge in [-0.2, -0.15) is 20.3 Å². The second-order valence-electron chi connectivity index (χ2n) is 8.03. The van der Waals surface area contributed by atoms with Crippen LogP contribution in [0.5, 0.6) is 0 Å². The van der Waals surface area contributed by atoms with Crippen LogP contribution in [0.25, 0.3) is 11.2 Å². The van der Waals surface area contributed by atoms with E-state index in [1.165, 1.54) is 12.8 Å². The minimum absolute atomic E-state index is 0.307. The fraction of sp³-hybridized carbons (Fsp3) is 0.500. The van der Waals surface area contributed by atoms with E-state index < -0.39 is 0 Å². The molecule has 0 amide bonds. The predicted molar refractivity (Wildman–Crippen MR) is 112 cm³/mol. The molecular weight excluding hydrogens is 380 g/mol. The maximum absolute atomic E-state index is 8.94. The Labute approximate surface area is 174 Å². The molecule has 3 atom stereocenters. The zero-order valence-corrected chi connectivity index (χ0v) is 16.8. The van der Waals surface area contributed by atoms with Gasteiger partial charge in [0, 0.05) is 55.2 Å². The molecule has 3 aromatic rings. The third-order valence-electron chi connectivity index (χ3n) is 5.99. The fourth-order valence-corrected chi connectivity index (χ4v) is 4.75. The molecule has 30 heavy (non-hydrogen) atoms. The SMILES string of the molecule is Cc1cc(Nc2nc(NC3CC4CC[C@@H](C3)N4CCC#N)c3nccnc3n2)n[nH]1. The number of hydrogen-bond acceptors (Lipinski definition) is 9. The van der Waals surface area contributed by atoms with Gasteiger partial charge in [-0.1, -0.05) is 0 Å². The number of anilines is 3. The van der Waals surface area contributed by atoms with E-state index in [1.807, 2.05) is 13.0 Å². The Balaban J connectivity index is 1.38. The van der Waals surface area contributed by atoms with Gasteiger partial charge in [-0.3, -0.25) is 10.00 Å². The van der Waals surface area contributed by atoms with E-state index in [0.717, 1.165) is 25.1 Å². The molecule has 154 valence electrons. The average molecular weight is 404 g/mol. The first-order valence-corrected chi connectivity index (χ1v) is 10.4. The molecule has 5 heterocycles. The Hall–Kier alpha value is -3.32. The molecule has 0 spiro atoms. The van der Waals surface area contributed by atoms with E-state index in [-0.39, 0.29) is 0 Å². The minimum Gasteiger partial charge on any atom is -0.365 e. The van der Waals surface area contributed by atoms with Crippen LogP contribution in [0.1, 0.15) is 37.8 Å². The van der Waals surface area contributed by atoms with Crippen molar-refractivity contribution in [1.82, 2.24) is 35.0 Å². The number of H-pyrrole nitrogens is 1. The van der Waals surface area contributed by atoms with Crippen LogP contribution in [0.15, 0.2) is 18.5 Å². The van der Waals surface area contributed by atoms with E-state index in [4.69, 9.17) is 10.2 Å². The number of aryl methyl sites for hydroxylation is 1. The quantitative estimate of drug-likeness (QED) is 0.567. The third-order valence-corrected chi connectivity index (χ3v) is 5.99. The maximum atomic E-state index is 8.94. The highest BCUT2D eigenvalue weighted by molar-refractivity contribution is 5.83. The van der Waals surface area contributed by atoms with Crippen LogP contribution in [0.2, 0.25) is 0 Å². The van der Waals surface area contributed by atoms with Crippen LogP contribution in [-0.2, 0) is 0 Å². The summed E-state index contributed by atoms with van der Waals surface area (Å²) in [5.74, 6) is 1.79. The van der Waals surface area contributed by atoms with Gasteiger partial charge in [-0.15, -0.1) is 0 Å². The number of nitriles is 1. The number of nitrogens with zero attached hydrogens (tertiary/aromatic N) is 7. The lowest BCUT2D eigenvalue weighted by atomic mass is 9.97. The van der Waals surface area contributed by atoms with E-state index in [2.05, 4.69) is 46.8 Å². The normalized spacial score (nSPS) is 23.4. The van der Waals surface area contributed by atoms with Crippen molar-refractivity contribution in [2.45, 2.75) is 57.2 Å². The molecule has 5 rings (SSSR count). The van der Waals surface area contributed by atoms with Gasteiger partial charge in [0.2, 0.25) is 5.95 Å². The van der Waals surface area contributed by atoms with Crippen molar-refractivity contribution in [1.29, 1.82) is 5.26 Å². The number of aromatic amines is 1. The summed E-state index contributed by atoms with van der Waals surface area (Å²) in [7, 11) is 0. The molecule has 3 aromatic heterocycles.